The molecular formula is C38H54FN5O9S. The van der Waals surface area contributed by atoms with Gasteiger partial charge in [0.25, 0.3) is 5.91 Å². The summed E-state index contributed by atoms with van der Waals surface area (Å²) >= 11 is 0. The number of sulfonamides is 1. The van der Waals surface area contributed by atoms with Crippen molar-refractivity contribution in [3.63, 3.8) is 0 Å². The first-order valence-corrected chi connectivity index (χ1v) is 20.7. The van der Waals surface area contributed by atoms with Crippen LogP contribution in [0.4, 0.5) is 14.0 Å². The minimum Gasteiger partial charge on any atom is -0.444 e. The fraction of sp³-hybridized carbons (Fsp3) is 0.711. The Morgan fingerprint density at radius 2 is 1.70 bits per heavy atom. The van der Waals surface area contributed by atoms with Gasteiger partial charge in [-0.3, -0.25) is 24.0 Å². The van der Waals surface area contributed by atoms with Gasteiger partial charge in [0.15, 0.2) is 0 Å². The molecule has 5 amide bonds. The number of fused-ring (bicyclic) bond motifs is 3. The molecule has 3 aliphatic heterocycles. The highest BCUT2D eigenvalue weighted by Crippen LogP contribution is 2.51. The van der Waals surface area contributed by atoms with Crippen LogP contribution in [0, 0.1) is 17.7 Å². The average Bonchev–Trinajstić information content (AvgIpc) is 3.93. The summed E-state index contributed by atoms with van der Waals surface area (Å²) < 4.78 is 54.1. The van der Waals surface area contributed by atoms with Crippen LogP contribution in [0.1, 0.15) is 116 Å². The monoisotopic (exact) mass is 775 g/mol. The number of ether oxygens (including phenoxy) is 2. The van der Waals surface area contributed by atoms with Crippen molar-refractivity contribution in [1.82, 2.24) is 25.2 Å². The molecule has 2 saturated carbocycles. The quantitative estimate of drug-likeness (QED) is 0.378. The van der Waals surface area contributed by atoms with Gasteiger partial charge in [-0.25, -0.2) is 22.4 Å². The van der Waals surface area contributed by atoms with E-state index in [1.54, 1.807) is 32.9 Å². The summed E-state index contributed by atoms with van der Waals surface area (Å²) in [7, 11) is -4.06. The van der Waals surface area contributed by atoms with Gasteiger partial charge in [-0.1, -0.05) is 58.1 Å². The number of carbonyl (C=O) groups excluding carboxylic acids is 5. The molecule has 6 rings (SSSR count). The fourth-order valence-corrected chi connectivity index (χ4v) is 10.2. The Morgan fingerprint density at radius 3 is 2.35 bits per heavy atom. The topological polar surface area (TPSA) is 181 Å². The normalized spacial score (nSPS) is 28.4. The first-order valence-electron chi connectivity index (χ1n) is 19.3. The van der Waals surface area contributed by atoms with Crippen molar-refractivity contribution in [2.75, 3.05) is 6.54 Å². The summed E-state index contributed by atoms with van der Waals surface area (Å²) in [4.78, 5) is 71.7. The number of nitrogens with zero attached hydrogens (tertiary/aromatic N) is 2. The van der Waals surface area contributed by atoms with E-state index in [4.69, 9.17) is 9.47 Å². The van der Waals surface area contributed by atoms with Crippen LogP contribution in [-0.2, 0) is 47.0 Å². The van der Waals surface area contributed by atoms with Gasteiger partial charge in [0.05, 0.1) is 17.8 Å². The minimum absolute atomic E-state index is 0.00201. The first-order chi connectivity index (χ1) is 25.4. The highest BCUT2D eigenvalue weighted by atomic mass is 32.2. The van der Waals surface area contributed by atoms with Gasteiger partial charge in [0.1, 0.15) is 35.1 Å². The highest BCUT2D eigenvalue weighted by Gasteiger charge is 2.64. The van der Waals surface area contributed by atoms with E-state index in [0.717, 1.165) is 25.7 Å². The van der Waals surface area contributed by atoms with Crippen LogP contribution < -0.4 is 15.4 Å². The molecule has 14 nitrogen and oxygen atoms in total. The zero-order chi connectivity index (χ0) is 39.2. The van der Waals surface area contributed by atoms with Gasteiger partial charge in [-0.2, -0.15) is 0 Å². The third-order valence-electron chi connectivity index (χ3n) is 11.7. The number of nitrogens with one attached hydrogen (secondary N) is 3. The van der Waals surface area contributed by atoms with Crippen LogP contribution in [0.15, 0.2) is 18.2 Å². The van der Waals surface area contributed by atoms with Crippen molar-refractivity contribution < 1.29 is 46.3 Å². The molecule has 2 saturated heterocycles. The van der Waals surface area contributed by atoms with E-state index in [-0.39, 0.29) is 50.7 Å². The van der Waals surface area contributed by atoms with Gasteiger partial charge in [0, 0.05) is 18.5 Å². The Morgan fingerprint density at radius 1 is 1.02 bits per heavy atom. The fourth-order valence-electron chi connectivity index (χ4n) is 8.34. The predicted molar refractivity (Wildman–Crippen MR) is 194 cm³/mol. The lowest BCUT2D eigenvalue weighted by molar-refractivity contribution is -0.141. The van der Waals surface area contributed by atoms with Crippen LogP contribution in [-0.4, -0.2) is 88.7 Å². The predicted octanol–water partition coefficient (Wildman–Crippen LogP) is 4.39. The molecule has 0 bridgehead atoms. The Balaban J connectivity index is 1.25. The molecule has 16 heteroatoms. The molecule has 3 heterocycles. The van der Waals surface area contributed by atoms with Crippen molar-refractivity contribution in [3.05, 3.63) is 35.1 Å². The van der Waals surface area contributed by atoms with Crippen molar-refractivity contribution in [2.24, 2.45) is 11.8 Å². The molecule has 5 aliphatic rings. The molecule has 54 heavy (non-hydrogen) atoms. The van der Waals surface area contributed by atoms with Gasteiger partial charge in [-0.15, -0.1) is 0 Å². The molecule has 3 N–H and O–H groups in total. The molecule has 5 atom stereocenters. The standard InChI is InChI=1S/C38H54FN5O9S/c1-23(2)37(16-17-37)54(50,51)42-33(47)38-19-25(38)13-9-7-6-8-10-15-29(40-34(48)53-36(3,4)5)32(46)44-21-26(18-30(44)31(45)41-38)52-35(49)43-20-24-12-11-14-28(39)27(24)22-43/h11-12,14,23,25-26,29-30H,6-10,13,15-22H2,1-5H3,(H,40,48)(H,41,45)(H,42,47)/t25-,26+,29-,30-,38+/m0/s1. The number of hydrogen-bond donors (Lipinski definition) is 3. The SMILES string of the molecule is CC(C)C1(S(=O)(=O)NC(=O)[C@@]23C[C@@H]2CCCCCCC[C@H](NC(=O)OC(C)(C)C)C(=O)N2C[C@H](OC(=O)N4Cc5cccc(F)c5C4)C[C@H]2C(=O)N3)CC1. The van der Waals surface area contributed by atoms with E-state index in [1.165, 1.54) is 15.9 Å². The number of benzene rings is 1. The first kappa shape index (κ1) is 39.7. The molecule has 0 radical (unpaired) electrons. The van der Waals surface area contributed by atoms with Crippen molar-refractivity contribution in [2.45, 2.75) is 152 Å². The summed E-state index contributed by atoms with van der Waals surface area (Å²) in [5.74, 6) is -3.02. The number of amides is 5. The number of rotatable bonds is 6. The molecule has 4 fully saturated rings. The summed E-state index contributed by atoms with van der Waals surface area (Å²) in [6, 6.07) is 2.34. The van der Waals surface area contributed by atoms with Crippen molar-refractivity contribution >= 4 is 39.9 Å². The highest BCUT2D eigenvalue weighted by molar-refractivity contribution is 7.91. The van der Waals surface area contributed by atoms with E-state index in [0.29, 0.717) is 36.8 Å². The van der Waals surface area contributed by atoms with E-state index < -0.39 is 79.8 Å². The second kappa shape index (κ2) is 14.9. The third kappa shape index (κ3) is 8.18. The zero-order valence-electron chi connectivity index (χ0n) is 31.9. The van der Waals surface area contributed by atoms with E-state index >= 15 is 0 Å². The average molecular weight is 776 g/mol. The van der Waals surface area contributed by atoms with Crippen molar-refractivity contribution in [3.8, 4) is 0 Å². The number of alkyl carbamates (subject to hydrolysis) is 1. The van der Waals surface area contributed by atoms with Gasteiger partial charge in [0.2, 0.25) is 21.8 Å². The van der Waals surface area contributed by atoms with E-state index in [9.17, 15) is 36.8 Å². The smallest absolute Gasteiger partial charge is 0.410 e. The molecule has 1 aromatic rings. The zero-order valence-corrected chi connectivity index (χ0v) is 32.7. The van der Waals surface area contributed by atoms with Gasteiger partial charge < -0.3 is 25.0 Å². The molecule has 1 aromatic carbocycles. The maximum atomic E-state index is 14.5. The lowest BCUT2D eigenvalue weighted by Crippen LogP contribution is -2.59. The Bertz CT molecular complexity index is 1780. The largest absolute Gasteiger partial charge is 0.444 e. The van der Waals surface area contributed by atoms with Crippen molar-refractivity contribution in [1.29, 1.82) is 0 Å². The maximum absolute atomic E-state index is 14.5. The second-order valence-electron chi connectivity index (χ2n) is 17.0. The van der Waals surface area contributed by atoms with Gasteiger partial charge >= 0.3 is 12.2 Å². The molecule has 2 aliphatic carbocycles. The lowest BCUT2D eigenvalue weighted by Gasteiger charge is -2.30. The van der Waals surface area contributed by atoms with Crippen LogP contribution in [0.2, 0.25) is 0 Å². The number of hydrogen-bond acceptors (Lipinski definition) is 9. The molecule has 0 unspecified atom stereocenters. The molecule has 0 spiro atoms. The Labute approximate surface area is 316 Å². The third-order valence-corrected chi connectivity index (χ3v) is 14.2. The number of halogens is 1. The molecule has 0 aromatic heterocycles. The summed E-state index contributed by atoms with van der Waals surface area (Å²) in [6.07, 6.45) is 3.19. The van der Waals surface area contributed by atoms with Crippen LogP contribution in [0.25, 0.3) is 0 Å². The summed E-state index contributed by atoms with van der Waals surface area (Å²) in [5, 5.41) is 5.56. The number of carbonyl (C=O) groups is 5. The maximum Gasteiger partial charge on any atom is 0.410 e. The Kier molecular flexibility index (Phi) is 11.0. The molecule has 298 valence electrons. The van der Waals surface area contributed by atoms with Crippen LogP contribution in [0.5, 0.6) is 0 Å². The second-order valence-corrected chi connectivity index (χ2v) is 19.1. The minimum atomic E-state index is -4.06. The lowest BCUT2D eigenvalue weighted by atomic mass is 10.0. The van der Waals surface area contributed by atoms with Gasteiger partial charge in [-0.05, 0) is 76.3 Å². The summed E-state index contributed by atoms with van der Waals surface area (Å²) in [6.45, 7) is 8.67. The van der Waals surface area contributed by atoms with Crippen LogP contribution in [0.3, 0.4) is 0 Å². The van der Waals surface area contributed by atoms with E-state index in [2.05, 4.69) is 15.4 Å². The molecular weight excluding hydrogens is 722 g/mol. The van der Waals surface area contributed by atoms with E-state index in [1.807, 2.05) is 13.8 Å². The summed E-state index contributed by atoms with van der Waals surface area (Å²) in [5.41, 5.74) is -1.29. The Hall–Kier alpha value is -3.95. The van der Waals surface area contributed by atoms with Crippen LogP contribution >= 0.6 is 0 Å².